The molecule has 0 radical (unpaired) electrons. The molecule has 1 aromatic heterocycles. The maximum Gasteiger partial charge on any atom is 0.314 e. The molecular formula is C17H16BrNO4S. The third-order valence-electron chi connectivity index (χ3n) is 4.21. The quantitative estimate of drug-likeness (QED) is 0.575. The van der Waals surface area contributed by atoms with Crippen molar-refractivity contribution in [3.05, 3.63) is 51.8 Å². The zero-order valence-electron chi connectivity index (χ0n) is 13.2. The number of hydrogen-bond acceptors (Lipinski definition) is 4. The van der Waals surface area contributed by atoms with Crippen LogP contribution in [0.5, 0.6) is 0 Å². The van der Waals surface area contributed by atoms with Crippen LogP contribution in [-0.4, -0.2) is 33.9 Å². The molecule has 5 nitrogen and oxygen atoms in total. The Labute approximate surface area is 150 Å². The van der Waals surface area contributed by atoms with Gasteiger partial charge in [0.15, 0.2) is 0 Å². The smallest absolute Gasteiger partial charge is 0.314 e. The molecule has 0 bridgehead atoms. The van der Waals surface area contributed by atoms with Crippen molar-refractivity contribution in [3.63, 3.8) is 0 Å². The highest BCUT2D eigenvalue weighted by atomic mass is 79.9. The molecular weight excluding hydrogens is 394 g/mol. The lowest BCUT2D eigenvalue weighted by molar-refractivity contribution is -0.142. The van der Waals surface area contributed by atoms with E-state index >= 15 is 0 Å². The molecule has 2 unspecified atom stereocenters. The average Bonchev–Trinajstić information content (AvgIpc) is 3.13. The largest absolute Gasteiger partial charge is 0.469 e. The zero-order valence-corrected chi connectivity index (χ0v) is 15.6. The van der Waals surface area contributed by atoms with E-state index in [4.69, 9.17) is 4.74 Å². The standard InChI is InChI=1S/C17H16BrNO4S/c1-23-17(21)12-7-8-19-13(12)9-14(24(2)22)15(19)16(20)10-3-5-11(18)6-4-10/h3-6,9,12H,7-8H2,1-2H3. The lowest BCUT2D eigenvalue weighted by Crippen LogP contribution is -2.12. The number of rotatable bonds is 4. The van der Waals surface area contributed by atoms with Crippen LogP contribution in [0.2, 0.25) is 0 Å². The predicted molar refractivity (Wildman–Crippen MR) is 93.7 cm³/mol. The summed E-state index contributed by atoms with van der Waals surface area (Å²) < 4.78 is 19.7. The summed E-state index contributed by atoms with van der Waals surface area (Å²) in [6, 6.07) is 8.74. The first kappa shape index (κ1) is 17.1. The summed E-state index contributed by atoms with van der Waals surface area (Å²) in [7, 11) is 0.0184. The van der Waals surface area contributed by atoms with Crippen LogP contribution in [0.4, 0.5) is 0 Å². The summed E-state index contributed by atoms with van der Waals surface area (Å²) in [4.78, 5) is 25.4. The number of esters is 1. The van der Waals surface area contributed by atoms with Gasteiger partial charge in [-0.2, -0.15) is 0 Å². The molecule has 0 N–H and O–H groups in total. The monoisotopic (exact) mass is 409 g/mol. The lowest BCUT2D eigenvalue weighted by Gasteiger charge is -2.08. The third-order valence-corrected chi connectivity index (χ3v) is 5.67. The molecule has 1 aliphatic rings. The van der Waals surface area contributed by atoms with Gasteiger partial charge in [0.25, 0.3) is 0 Å². The fraction of sp³-hybridized carbons (Fsp3) is 0.294. The molecule has 1 aliphatic heterocycles. The highest BCUT2D eigenvalue weighted by Crippen LogP contribution is 2.35. The second-order valence-corrected chi connectivity index (χ2v) is 7.85. The van der Waals surface area contributed by atoms with Crippen LogP contribution in [0.3, 0.4) is 0 Å². The molecule has 0 fully saturated rings. The average molecular weight is 410 g/mol. The van der Waals surface area contributed by atoms with Crippen LogP contribution in [0.1, 0.15) is 34.1 Å². The minimum Gasteiger partial charge on any atom is -0.469 e. The minimum atomic E-state index is -1.33. The van der Waals surface area contributed by atoms with E-state index in [2.05, 4.69) is 15.9 Å². The van der Waals surface area contributed by atoms with Gasteiger partial charge in [-0.3, -0.25) is 13.8 Å². The fourth-order valence-electron chi connectivity index (χ4n) is 3.05. The number of ketones is 1. The summed E-state index contributed by atoms with van der Waals surface area (Å²) in [6.45, 7) is 0.532. The van der Waals surface area contributed by atoms with E-state index in [1.54, 1.807) is 30.3 Å². The maximum absolute atomic E-state index is 13.0. The molecule has 2 heterocycles. The maximum atomic E-state index is 13.0. The number of benzene rings is 1. The Kier molecular flexibility index (Phi) is 4.73. The number of fused-ring (bicyclic) bond motifs is 1. The van der Waals surface area contributed by atoms with E-state index in [0.29, 0.717) is 34.8 Å². The minimum absolute atomic E-state index is 0.190. The van der Waals surface area contributed by atoms with Gasteiger partial charge in [-0.05, 0) is 36.8 Å². The Morgan fingerprint density at radius 1 is 1.29 bits per heavy atom. The van der Waals surface area contributed by atoms with Gasteiger partial charge in [0.1, 0.15) is 5.69 Å². The predicted octanol–water partition coefficient (Wildman–Crippen LogP) is 2.88. The topological polar surface area (TPSA) is 65.4 Å². The van der Waals surface area contributed by atoms with E-state index < -0.39 is 16.7 Å². The molecule has 0 saturated carbocycles. The molecule has 2 aromatic rings. The molecule has 0 saturated heterocycles. The molecule has 0 spiro atoms. The number of nitrogens with zero attached hydrogens (tertiary/aromatic N) is 1. The van der Waals surface area contributed by atoms with Crippen LogP contribution in [0, 0.1) is 0 Å². The fourth-order valence-corrected chi connectivity index (χ4v) is 4.08. The van der Waals surface area contributed by atoms with Gasteiger partial charge in [0, 0.05) is 28.5 Å². The molecule has 2 atom stereocenters. The summed E-state index contributed by atoms with van der Waals surface area (Å²) >= 11 is 3.35. The highest BCUT2D eigenvalue weighted by Gasteiger charge is 2.35. The zero-order chi connectivity index (χ0) is 17.4. The molecule has 24 heavy (non-hydrogen) atoms. The number of carbonyl (C=O) groups excluding carboxylic acids is 2. The van der Waals surface area contributed by atoms with Crippen LogP contribution in [0.15, 0.2) is 39.7 Å². The van der Waals surface area contributed by atoms with E-state index in [9.17, 15) is 13.8 Å². The Balaban J connectivity index is 2.11. The SMILES string of the molecule is COC(=O)C1CCn2c1cc(S(C)=O)c2C(=O)c1ccc(Br)cc1. The number of aromatic nitrogens is 1. The molecule has 1 aromatic carbocycles. The van der Waals surface area contributed by atoms with E-state index in [-0.39, 0.29) is 11.8 Å². The number of ether oxygens (including phenoxy) is 1. The lowest BCUT2D eigenvalue weighted by atomic mass is 10.1. The molecule has 7 heteroatoms. The summed E-state index contributed by atoms with van der Waals surface area (Å²) in [5, 5.41) is 0. The van der Waals surface area contributed by atoms with Crippen molar-refractivity contribution in [1.29, 1.82) is 0 Å². The summed E-state index contributed by atoms with van der Waals surface area (Å²) in [5.74, 6) is -0.935. The molecule has 0 amide bonds. The Morgan fingerprint density at radius 2 is 1.96 bits per heavy atom. The summed E-state index contributed by atoms with van der Waals surface area (Å²) in [5.41, 5.74) is 1.62. The van der Waals surface area contributed by atoms with Crippen molar-refractivity contribution < 1.29 is 18.5 Å². The van der Waals surface area contributed by atoms with Gasteiger partial charge in [0.2, 0.25) is 5.78 Å². The van der Waals surface area contributed by atoms with Crippen molar-refractivity contribution >= 4 is 38.5 Å². The second-order valence-electron chi connectivity index (χ2n) is 5.59. The highest BCUT2D eigenvalue weighted by molar-refractivity contribution is 9.10. The molecule has 3 rings (SSSR count). The number of halogens is 1. The first-order chi connectivity index (χ1) is 11.4. The van der Waals surface area contributed by atoms with Gasteiger partial charge in [-0.25, -0.2) is 0 Å². The summed E-state index contributed by atoms with van der Waals surface area (Å²) in [6.07, 6.45) is 2.12. The van der Waals surface area contributed by atoms with Crippen molar-refractivity contribution in [2.45, 2.75) is 23.8 Å². The van der Waals surface area contributed by atoms with Gasteiger partial charge in [-0.15, -0.1) is 0 Å². The normalized spacial score (nSPS) is 17.4. The van der Waals surface area contributed by atoms with Crippen LogP contribution < -0.4 is 0 Å². The van der Waals surface area contributed by atoms with Gasteiger partial charge in [0.05, 0.1) is 28.7 Å². The Bertz CT molecular complexity index is 841. The molecule has 0 aliphatic carbocycles. The Hall–Kier alpha value is -1.73. The number of carbonyl (C=O) groups is 2. The molecule has 126 valence electrons. The van der Waals surface area contributed by atoms with Crippen LogP contribution in [0.25, 0.3) is 0 Å². The van der Waals surface area contributed by atoms with E-state index in [0.717, 1.165) is 4.47 Å². The Morgan fingerprint density at radius 3 is 2.54 bits per heavy atom. The van der Waals surface area contributed by atoms with Gasteiger partial charge < -0.3 is 9.30 Å². The van der Waals surface area contributed by atoms with Crippen molar-refractivity contribution in [2.24, 2.45) is 0 Å². The number of methoxy groups -OCH3 is 1. The second kappa shape index (κ2) is 6.64. The first-order valence-electron chi connectivity index (χ1n) is 7.39. The number of hydrogen-bond donors (Lipinski definition) is 0. The van der Waals surface area contributed by atoms with Crippen molar-refractivity contribution in [1.82, 2.24) is 4.57 Å². The van der Waals surface area contributed by atoms with Crippen LogP contribution in [-0.2, 0) is 26.9 Å². The van der Waals surface area contributed by atoms with Crippen molar-refractivity contribution in [3.8, 4) is 0 Å². The third kappa shape index (κ3) is 2.86. The van der Waals surface area contributed by atoms with Crippen molar-refractivity contribution in [2.75, 3.05) is 13.4 Å². The van der Waals surface area contributed by atoms with Gasteiger partial charge in [-0.1, -0.05) is 15.9 Å². The van der Waals surface area contributed by atoms with Crippen LogP contribution >= 0.6 is 15.9 Å². The van der Waals surface area contributed by atoms with E-state index in [1.165, 1.54) is 13.4 Å². The first-order valence-corrected chi connectivity index (χ1v) is 9.74. The van der Waals surface area contributed by atoms with E-state index in [1.807, 2.05) is 4.57 Å². The van der Waals surface area contributed by atoms with Gasteiger partial charge >= 0.3 is 5.97 Å².